The van der Waals surface area contributed by atoms with Crippen molar-refractivity contribution >= 4 is 29.0 Å². The van der Waals surface area contributed by atoms with Crippen LogP contribution >= 0.6 is 23.2 Å². The standard InChI is InChI=1S/C10H13Cl2N3O2/c1-2-17-7-8(11)13-10(12)14-9(7)15-3-5-16-6-4-15/h2-6H2,1H3. The van der Waals surface area contributed by atoms with E-state index in [-0.39, 0.29) is 10.4 Å². The lowest BCUT2D eigenvalue weighted by molar-refractivity contribution is 0.122. The number of morpholine rings is 1. The van der Waals surface area contributed by atoms with Gasteiger partial charge in [0.1, 0.15) is 0 Å². The Morgan fingerprint density at radius 2 is 2.00 bits per heavy atom. The van der Waals surface area contributed by atoms with Gasteiger partial charge in [0.2, 0.25) is 5.28 Å². The minimum atomic E-state index is 0.125. The number of anilines is 1. The van der Waals surface area contributed by atoms with E-state index < -0.39 is 0 Å². The van der Waals surface area contributed by atoms with E-state index in [0.717, 1.165) is 13.1 Å². The molecule has 0 aromatic carbocycles. The van der Waals surface area contributed by atoms with Crippen LogP contribution in [0.5, 0.6) is 5.75 Å². The summed E-state index contributed by atoms with van der Waals surface area (Å²) < 4.78 is 10.8. The first-order chi connectivity index (χ1) is 8.22. The smallest absolute Gasteiger partial charge is 0.226 e. The van der Waals surface area contributed by atoms with E-state index in [0.29, 0.717) is 31.4 Å². The molecule has 1 aliphatic heterocycles. The number of aromatic nitrogens is 2. The third-order valence-electron chi connectivity index (χ3n) is 2.38. The van der Waals surface area contributed by atoms with Crippen molar-refractivity contribution in [2.24, 2.45) is 0 Å². The van der Waals surface area contributed by atoms with Gasteiger partial charge in [0, 0.05) is 13.1 Å². The Balaban J connectivity index is 2.35. The lowest BCUT2D eigenvalue weighted by Crippen LogP contribution is -2.37. The van der Waals surface area contributed by atoms with Crippen LogP contribution in [0.1, 0.15) is 6.92 Å². The highest BCUT2D eigenvalue weighted by molar-refractivity contribution is 6.33. The van der Waals surface area contributed by atoms with Gasteiger partial charge in [0.05, 0.1) is 19.8 Å². The molecule has 0 aliphatic carbocycles. The zero-order valence-electron chi connectivity index (χ0n) is 9.45. The summed E-state index contributed by atoms with van der Waals surface area (Å²) in [5.41, 5.74) is 0. The zero-order valence-corrected chi connectivity index (χ0v) is 11.0. The molecule has 5 nitrogen and oxygen atoms in total. The molecular weight excluding hydrogens is 265 g/mol. The number of hydrogen-bond acceptors (Lipinski definition) is 5. The molecule has 1 aromatic heterocycles. The summed E-state index contributed by atoms with van der Waals surface area (Å²) in [7, 11) is 0. The van der Waals surface area contributed by atoms with E-state index in [1.807, 2.05) is 11.8 Å². The molecule has 2 rings (SSSR count). The molecule has 1 saturated heterocycles. The van der Waals surface area contributed by atoms with E-state index >= 15 is 0 Å². The Labute approximate surface area is 110 Å². The van der Waals surface area contributed by atoms with Crippen LogP contribution in [0.25, 0.3) is 0 Å². The first-order valence-electron chi connectivity index (χ1n) is 5.41. The van der Waals surface area contributed by atoms with Crippen LogP contribution in [0.3, 0.4) is 0 Å². The monoisotopic (exact) mass is 277 g/mol. The Kier molecular flexibility index (Phi) is 4.25. The first-order valence-corrected chi connectivity index (χ1v) is 6.16. The third kappa shape index (κ3) is 2.91. The fraction of sp³-hybridized carbons (Fsp3) is 0.600. The second kappa shape index (κ2) is 5.71. The molecule has 7 heteroatoms. The van der Waals surface area contributed by atoms with Crippen LogP contribution < -0.4 is 9.64 Å². The molecule has 1 aliphatic rings. The van der Waals surface area contributed by atoms with Crippen LogP contribution in [0.15, 0.2) is 0 Å². The summed E-state index contributed by atoms with van der Waals surface area (Å²) in [4.78, 5) is 10.1. The van der Waals surface area contributed by atoms with Crippen LogP contribution in [0.2, 0.25) is 10.4 Å². The maximum atomic E-state index is 6.01. The summed E-state index contributed by atoms with van der Waals surface area (Å²) in [5.74, 6) is 1.13. The Morgan fingerprint density at radius 1 is 1.29 bits per heavy atom. The molecule has 0 saturated carbocycles. The number of nitrogens with zero attached hydrogens (tertiary/aromatic N) is 3. The topological polar surface area (TPSA) is 47.5 Å². The molecule has 1 aromatic rings. The summed E-state index contributed by atoms with van der Waals surface area (Å²) >= 11 is 11.8. The maximum Gasteiger partial charge on any atom is 0.226 e. The van der Waals surface area contributed by atoms with Crippen LogP contribution in [-0.2, 0) is 4.74 Å². The molecule has 0 atom stereocenters. The average molecular weight is 278 g/mol. The van der Waals surface area contributed by atoms with Crippen molar-refractivity contribution in [3.05, 3.63) is 10.4 Å². The van der Waals surface area contributed by atoms with Crippen molar-refractivity contribution in [2.45, 2.75) is 6.92 Å². The van der Waals surface area contributed by atoms with Gasteiger partial charge >= 0.3 is 0 Å². The van der Waals surface area contributed by atoms with Crippen molar-refractivity contribution in [3.8, 4) is 5.75 Å². The molecule has 94 valence electrons. The Bertz CT molecular complexity index is 397. The SMILES string of the molecule is CCOc1c(Cl)nc(Cl)nc1N1CCOCC1. The molecule has 2 heterocycles. The molecule has 0 spiro atoms. The molecule has 0 radical (unpaired) electrons. The Morgan fingerprint density at radius 3 is 2.65 bits per heavy atom. The van der Waals surface area contributed by atoms with Crippen LogP contribution in [0.4, 0.5) is 5.82 Å². The van der Waals surface area contributed by atoms with Crippen molar-refractivity contribution in [1.29, 1.82) is 0 Å². The molecule has 0 amide bonds. The zero-order chi connectivity index (χ0) is 12.3. The lowest BCUT2D eigenvalue weighted by Gasteiger charge is -2.29. The van der Waals surface area contributed by atoms with E-state index in [1.165, 1.54) is 0 Å². The summed E-state index contributed by atoms with van der Waals surface area (Å²) in [6, 6.07) is 0. The van der Waals surface area contributed by atoms with E-state index in [9.17, 15) is 0 Å². The second-order valence-electron chi connectivity index (χ2n) is 3.47. The summed E-state index contributed by atoms with van der Waals surface area (Å²) in [6.07, 6.45) is 0. The van der Waals surface area contributed by atoms with Gasteiger partial charge in [0.25, 0.3) is 0 Å². The third-order valence-corrected chi connectivity index (χ3v) is 2.80. The van der Waals surface area contributed by atoms with Gasteiger partial charge in [-0.3, -0.25) is 0 Å². The number of ether oxygens (including phenoxy) is 2. The largest absolute Gasteiger partial charge is 0.487 e. The number of halogens is 2. The highest BCUT2D eigenvalue weighted by Gasteiger charge is 2.21. The fourth-order valence-electron chi connectivity index (χ4n) is 1.65. The van der Waals surface area contributed by atoms with Crippen LogP contribution in [0, 0.1) is 0 Å². The van der Waals surface area contributed by atoms with Crippen LogP contribution in [-0.4, -0.2) is 42.9 Å². The average Bonchev–Trinajstić information content (AvgIpc) is 2.33. The lowest BCUT2D eigenvalue weighted by atomic mass is 10.4. The van der Waals surface area contributed by atoms with Gasteiger partial charge in [-0.1, -0.05) is 11.6 Å². The minimum absolute atomic E-state index is 0.125. The number of rotatable bonds is 3. The molecular formula is C10H13Cl2N3O2. The van der Waals surface area contributed by atoms with Crippen molar-refractivity contribution in [3.63, 3.8) is 0 Å². The van der Waals surface area contributed by atoms with E-state index in [4.69, 9.17) is 32.7 Å². The molecule has 0 unspecified atom stereocenters. The van der Waals surface area contributed by atoms with Crippen molar-refractivity contribution in [2.75, 3.05) is 37.8 Å². The van der Waals surface area contributed by atoms with Crippen molar-refractivity contribution in [1.82, 2.24) is 9.97 Å². The predicted molar refractivity (Wildman–Crippen MR) is 66.3 cm³/mol. The van der Waals surface area contributed by atoms with Crippen molar-refractivity contribution < 1.29 is 9.47 Å². The number of hydrogen-bond donors (Lipinski definition) is 0. The van der Waals surface area contributed by atoms with Gasteiger partial charge in [-0.05, 0) is 18.5 Å². The molecule has 0 bridgehead atoms. The first kappa shape index (κ1) is 12.7. The summed E-state index contributed by atoms with van der Waals surface area (Å²) in [6.45, 7) is 5.18. The quantitative estimate of drug-likeness (QED) is 0.625. The fourth-order valence-corrected chi connectivity index (χ4v) is 2.07. The Hall–Kier alpha value is -0.780. The normalized spacial score (nSPS) is 16.1. The van der Waals surface area contributed by atoms with Gasteiger partial charge in [-0.15, -0.1) is 0 Å². The summed E-state index contributed by atoms with van der Waals surface area (Å²) in [5, 5.41) is 0.369. The van der Waals surface area contributed by atoms with E-state index in [2.05, 4.69) is 9.97 Å². The maximum absolute atomic E-state index is 6.01. The minimum Gasteiger partial charge on any atom is -0.487 e. The second-order valence-corrected chi connectivity index (χ2v) is 4.16. The molecule has 0 N–H and O–H groups in total. The van der Waals surface area contributed by atoms with Gasteiger partial charge < -0.3 is 14.4 Å². The molecule has 1 fully saturated rings. The molecule has 17 heavy (non-hydrogen) atoms. The van der Waals surface area contributed by atoms with Gasteiger partial charge in [-0.25, -0.2) is 4.98 Å². The van der Waals surface area contributed by atoms with Gasteiger partial charge in [0.15, 0.2) is 16.7 Å². The van der Waals surface area contributed by atoms with Gasteiger partial charge in [-0.2, -0.15) is 4.98 Å². The van der Waals surface area contributed by atoms with E-state index in [1.54, 1.807) is 0 Å². The highest BCUT2D eigenvalue weighted by atomic mass is 35.5. The highest BCUT2D eigenvalue weighted by Crippen LogP contribution is 2.34. The predicted octanol–water partition coefficient (Wildman–Crippen LogP) is 2.02.